The number of halogens is 1. The Morgan fingerprint density at radius 3 is 2.23 bits per heavy atom. The summed E-state index contributed by atoms with van der Waals surface area (Å²) in [4.78, 5) is 63.0. The van der Waals surface area contributed by atoms with Crippen molar-refractivity contribution in [3.63, 3.8) is 0 Å². The van der Waals surface area contributed by atoms with E-state index in [2.05, 4.69) is 5.32 Å². The number of esters is 1. The Hall–Kier alpha value is -4.50. The van der Waals surface area contributed by atoms with Crippen LogP contribution in [-0.4, -0.2) is 41.4 Å². The van der Waals surface area contributed by atoms with Crippen LogP contribution in [0.25, 0.3) is 0 Å². The fourth-order valence-corrected chi connectivity index (χ4v) is 3.75. The molecule has 10 heteroatoms. The zero-order valence-corrected chi connectivity index (χ0v) is 19.0. The van der Waals surface area contributed by atoms with Crippen molar-refractivity contribution in [3.05, 3.63) is 93.5 Å². The van der Waals surface area contributed by atoms with Gasteiger partial charge in [-0.3, -0.25) is 14.4 Å². The maximum atomic E-state index is 13.0. The lowest BCUT2D eigenvalue weighted by Gasteiger charge is -2.14. The lowest BCUT2D eigenvalue weighted by Crippen LogP contribution is -2.29. The van der Waals surface area contributed by atoms with Gasteiger partial charge in [0, 0.05) is 10.6 Å². The van der Waals surface area contributed by atoms with Gasteiger partial charge in [0.15, 0.2) is 0 Å². The fraction of sp³-hybridized carbons (Fsp3) is 0.0800. The minimum Gasteiger partial charge on any atom is -0.478 e. The molecule has 9 nitrogen and oxygen atoms in total. The van der Waals surface area contributed by atoms with Gasteiger partial charge in [-0.1, -0.05) is 11.6 Å². The maximum absolute atomic E-state index is 13.0. The van der Waals surface area contributed by atoms with Gasteiger partial charge >= 0.3 is 11.9 Å². The number of aromatic carboxylic acids is 1. The molecule has 0 aliphatic carbocycles. The van der Waals surface area contributed by atoms with Gasteiger partial charge in [-0.05, 0) is 67.6 Å². The second kappa shape index (κ2) is 9.40. The molecule has 0 saturated heterocycles. The summed E-state index contributed by atoms with van der Waals surface area (Å²) < 4.78 is 4.93. The van der Waals surface area contributed by atoms with Gasteiger partial charge in [-0.2, -0.15) is 0 Å². The molecule has 0 unspecified atom stereocenters. The molecular formula is C25H17ClN2O7. The van der Waals surface area contributed by atoms with E-state index in [-0.39, 0.29) is 50.8 Å². The van der Waals surface area contributed by atoms with Crippen LogP contribution >= 0.6 is 11.6 Å². The van der Waals surface area contributed by atoms with Crippen molar-refractivity contribution >= 4 is 52.6 Å². The van der Waals surface area contributed by atoms with Gasteiger partial charge in [0.05, 0.1) is 40.2 Å². The topological polar surface area (TPSA) is 130 Å². The Kier molecular flexibility index (Phi) is 6.35. The van der Waals surface area contributed by atoms with Crippen molar-refractivity contribution in [2.45, 2.75) is 6.92 Å². The molecule has 35 heavy (non-hydrogen) atoms. The first-order valence-corrected chi connectivity index (χ1v) is 10.7. The number of carboxylic acid groups (broad SMARTS) is 1. The third-order valence-electron chi connectivity index (χ3n) is 5.25. The highest BCUT2D eigenvalue weighted by Crippen LogP contribution is 2.30. The minimum atomic E-state index is -1.25. The minimum absolute atomic E-state index is 0.0128. The highest BCUT2D eigenvalue weighted by molar-refractivity contribution is 6.35. The molecule has 1 aliphatic heterocycles. The van der Waals surface area contributed by atoms with Crippen molar-refractivity contribution in [1.82, 2.24) is 0 Å². The first-order valence-electron chi connectivity index (χ1n) is 10.4. The molecule has 0 saturated carbocycles. The van der Waals surface area contributed by atoms with Crippen molar-refractivity contribution in [3.8, 4) is 0 Å². The molecule has 176 valence electrons. The number of nitrogens with one attached hydrogen (secondary N) is 1. The van der Waals surface area contributed by atoms with Gasteiger partial charge in [0.2, 0.25) is 0 Å². The van der Waals surface area contributed by atoms with Gasteiger partial charge in [0.25, 0.3) is 17.7 Å². The third-order valence-corrected chi connectivity index (χ3v) is 5.48. The molecule has 1 aliphatic rings. The van der Waals surface area contributed by atoms with Crippen molar-refractivity contribution < 1.29 is 33.8 Å². The number of nitrogens with zero attached hydrogens (tertiary/aromatic N) is 1. The summed E-state index contributed by atoms with van der Waals surface area (Å²) in [6.45, 7) is 1.89. The van der Waals surface area contributed by atoms with Gasteiger partial charge in [-0.15, -0.1) is 0 Å². The lowest BCUT2D eigenvalue weighted by molar-refractivity contribution is 0.0525. The first-order chi connectivity index (χ1) is 16.7. The smallest absolute Gasteiger partial charge is 0.338 e. The number of hydrogen-bond acceptors (Lipinski definition) is 6. The van der Waals surface area contributed by atoms with Crippen molar-refractivity contribution in [2.75, 3.05) is 16.8 Å². The molecule has 0 spiro atoms. The Morgan fingerprint density at radius 2 is 1.57 bits per heavy atom. The zero-order chi connectivity index (χ0) is 25.3. The molecular weight excluding hydrogens is 476 g/mol. The van der Waals surface area contributed by atoms with Crippen LogP contribution in [0, 0.1) is 0 Å². The molecule has 0 radical (unpaired) electrons. The third kappa shape index (κ3) is 4.49. The molecule has 1 heterocycles. The Bertz CT molecular complexity index is 1400. The normalized spacial score (nSPS) is 12.3. The first kappa shape index (κ1) is 23.7. The lowest BCUT2D eigenvalue weighted by atomic mass is 10.0. The number of carbonyl (C=O) groups excluding carboxylic acids is 4. The van der Waals surface area contributed by atoms with Crippen molar-refractivity contribution in [1.29, 1.82) is 0 Å². The highest BCUT2D eigenvalue weighted by atomic mass is 35.5. The number of carboxylic acids is 1. The van der Waals surface area contributed by atoms with Crippen molar-refractivity contribution in [2.24, 2.45) is 0 Å². The van der Waals surface area contributed by atoms with E-state index in [0.29, 0.717) is 0 Å². The van der Waals surface area contributed by atoms with Gasteiger partial charge < -0.3 is 15.2 Å². The fourth-order valence-electron chi connectivity index (χ4n) is 3.58. The largest absolute Gasteiger partial charge is 0.478 e. The van der Waals surface area contributed by atoms with Gasteiger partial charge in [0.1, 0.15) is 0 Å². The second-order valence-corrected chi connectivity index (χ2v) is 7.86. The van der Waals surface area contributed by atoms with E-state index in [1.807, 2.05) is 0 Å². The number of carbonyl (C=O) groups is 5. The summed E-state index contributed by atoms with van der Waals surface area (Å²) >= 11 is 5.92. The van der Waals surface area contributed by atoms with E-state index < -0.39 is 29.7 Å². The van der Waals surface area contributed by atoms with Gasteiger partial charge in [-0.25, -0.2) is 14.5 Å². The summed E-state index contributed by atoms with van der Waals surface area (Å²) in [7, 11) is 0. The summed E-state index contributed by atoms with van der Waals surface area (Å²) in [5, 5.41) is 12.0. The van der Waals surface area contributed by atoms with E-state index in [1.165, 1.54) is 60.7 Å². The van der Waals surface area contributed by atoms with Crippen LogP contribution in [0.3, 0.4) is 0 Å². The number of fused-ring (bicyclic) bond motifs is 1. The Morgan fingerprint density at radius 1 is 0.914 bits per heavy atom. The van der Waals surface area contributed by atoms with Crippen LogP contribution in [0.15, 0.2) is 60.7 Å². The summed E-state index contributed by atoms with van der Waals surface area (Å²) in [6.07, 6.45) is 0. The van der Waals surface area contributed by atoms with E-state index in [4.69, 9.17) is 16.3 Å². The standard InChI is InChI=1S/C25H17ClN2O7/c1-2-35-25(34)13-3-7-16(8-4-13)28-22(30)17-9-5-14(11-19(17)23(28)31)21(29)27-20-12-15(26)6-10-18(20)24(32)33/h3-12H,2H2,1H3,(H,27,29)(H,32,33). The molecule has 2 N–H and O–H groups in total. The maximum Gasteiger partial charge on any atom is 0.338 e. The van der Waals surface area contributed by atoms with Crippen LogP contribution in [0.2, 0.25) is 5.02 Å². The summed E-state index contributed by atoms with van der Waals surface area (Å²) in [5.41, 5.74) is 0.513. The zero-order valence-electron chi connectivity index (χ0n) is 18.2. The van der Waals surface area contributed by atoms with E-state index in [9.17, 15) is 29.1 Å². The number of benzene rings is 3. The average molecular weight is 493 g/mol. The average Bonchev–Trinajstić information content (AvgIpc) is 3.08. The number of amides is 3. The number of imide groups is 1. The number of anilines is 2. The van der Waals surface area contributed by atoms with E-state index >= 15 is 0 Å². The van der Waals surface area contributed by atoms with Crippen LogP contribution in [0.1, 0.15) is 58.7 Å². The second-order valence-electron chi connectivity index (χ2n) is 7.42. The summed E-state index contributed by atoms with van der Waals surface area (Å²) in [5.74, 6) is -3.68. The predicted octanol–water partition coefficient (Wildman–Crippen LogP) is 4.27. The molecule has 4 rings (SSSR count). The van der Waals surface area contributed by atoms with Crippen LogP contribution in [-0.2, 0) is 4.74 Å². The van der Waals surface area contributed by atoms with E-state index in [1.54, 1.807) is 6.92 Å². The molecule has 3 aromatic carbocycles. The van der Waals surface area contributed by atoms with Crippen LogP contribution in [0.4, 0.5) is 11.4 Å². The Balaban J connectivity index is 1.60. The quantitative estimate of drug-likeness (QED) is 0.388. The number of rotatable bonds is 6. The highest BCUT2D eigenvalue weighted by Gasteiger charge is 2.37. The number of ether oxygens (including phenoxy) is 1. The van der Waals surface area contributed by atoms with Crippen LogP contribution < -0.4 is 10.2 Å². The van der Waals surface area contributed by atoms with E-state index in [0.717, 1.165) is 4.90 Å². The Labute approximate surface area is 203 Å². The molecule has 0 bridgehead atoms. The molecule has 0 fully saturated rings. The molecule has 0 aromatic heterocycles. The van der Waals surface area contributed by atoms with Crippen LogP contribution in [0.5, 0.6) is 0 Å². The summed E-state index contributed by atoms with van der Waals surface area (Å²) in [6, 6.07) is 13.7. The monoisotopic (exact) mass is 492 g/mol. The molecule has 3 aromatic rings. The predicted molar refractivity (Wildman–Crippen MR) is 126 cm³/mol. The SMILES string of the molecule is CCOC(=O)c1ccc(N2C(=O)c3ccc(C(=O)Nc4cc(Cl)ccc4C(=O)O)cc3C2=O)cc1. The molecule has 3 amide bonds. The molecule has 0 atom stereocenters. The number of hydrogen-bond donors (Lipinski definition) is 2.